The SMILES string of the molecule is CN1/C(=C/C=C2\CCCC(/C=C/C3=[N+](C)c4ccccc4C3(C)C)=C2Sc2ccncc2)C(C)(C)c2ccccc21. The highest BCUT2D eigenvalue weighted by molar-refractivity contribution is 8.03. The highest BCUT2D eigenvalue weighted by atomic mass is 32.2. The fourth-order valence-corrected chi connectivity index (χ4v) is 7.93. The van der Waals surface area contributed by atoms with Gasteiger partial charge < -0.3 is 4.90 Å². The normalized spacial score (nSPS) is 21.4. The fraction of sp³-hybridized carbons (Fsp3) is 0.297. The third kappa shape index (κ3) is 4.82. The molecule has 0 atom stereocenters. The third-order valence-electron chi connectivity index (χ3n) is 9.11. The van der Waals surface area contributed by atoms with Gasteiger partial charge in [-0.25, -0.2) is 0 Å². The number of aromatic nitrogens is 1. The standard InChI is InChI=1S/C37H40N3S/c1-36(2)29-14-7-9-16-31(29)39(5)33(36)20-18-26-12-11-13-27(35(26)41-28-22-24-38-25-23-28)19-21-34-37(3,4)30-15-8-10-17-32(30)40(34)6/h7-10,14-25H,11-13H2,1-6H3/q+1. The number of likely N-dealkylation sites (N-methyl/N-ethyl adjacent to an activating group) is 1. The lowest BCUT2D eigenvalue weighted by atomic mass is 9.81. The maximum atomic E-state index is 4.26. The minimum atomic E-state index is -0.0355. The van der Waals surface area contributed by atoms with Crippen molar-refractivity contribution in [3.05, 3.63) is 130 Å². The summed E-state index contributed by atoms with van der Waals surface area (Å²) in [6, 6.07) is 21.8. The van der Waals surface area contributed by atoms with Crippen LogP contribution in [-0.2, 0) is 10.8 Å². The number of rotatable bonds is 5. The number of nitrogens with zero attached hydrogens (tertiary/aromatic N) is 3. The third-order valence-corrected chi connectivity index (χ3v) is 10.3. The Labute approximate surface area is 249 Å². The molecule has 2 aliphatic heterocycles. The minimum Gasteiger partial charge on any atom is -0.347 e. The average molecular weight is 559 g/mol. The van der Waals surface area contributed by atoms with E-state index < -0.39 is 0 Å². The molecule has 2 aromatic carbocycles. The van der Waals surface area contributed by atoms with Crippen LogP contribution in [0.1, 0.15) is 58.1 Å². The van der Waals surface area contributed by atoms with Crippen LogP contribution >= 0.6 is 11.8 Å². The number of benzene rings is 2. The van der Waals surface area contributed by atoms with Crippen LogP contribution in [0.25, 0.3) is 0 Å². The van der Waals surface area contributed by atoms with E-state index >= 15 is 0 Å². The van der Waals surface area contributed by atoms with Crippen molar-refractivity contribution in [2.45, 2.75) is 62.7 Å². The average Bonchev–Trinajstić information content (AvgIpc) is 3.29. The first kappa shape index (κ1) is 27.5. The number of para-hydroxylation sites is 2. The van der Waals surface area contributed by atoms with Gasteiger partial charge in [0.05, 0.1) is 5.41 Å². The first-order chi connectivity index (χ1) is 19.7. The maximum absolute atomic E-state index is 4.26. The smallest absolute Gasteiger partial charge is 0.209 e. The number of pyridine rings is 1. The largest absolute Gasteiger partial charge is 0.347 e. The molecular weight excluding hydrogens is 518 g/mol. The van der Waals surface area contributed by atoms with E-state index in [-0.39, 0.29) is 10.8 Å². The summed E-state index contributed by atoms with van der Waals surface area (Å²) in [5, 5.41) is 0. The molecule has 0 amide bonds. The number of hydrogen-bond acceptors (Lipinski definition) is 3. The van der Waals surface area contributed by atoms with Gasteiger partial charge in [0.25, 0.3) is 0 Å². The predicted octanol–water partition coefficient (Wildman–Crippen LogP) is 9.11. The lowest BCUT2D eigenvalue weighted by Crippen LogP contribution is -2.26. The molecule has 41 heavy (non-hydrogen) atoms. The van der Waals surface area contributed by atoms with Crippen molar-refractivity contribution < 1.29 is 4.58 Å². The van der Waals surface area contributed by atoms with Gasteiger partial charge in [0.1, 0.15) is 7.05 Å². The molecule has 6 rings (SSSR count). The van der Waals surface area contributed by atoms with Crippen LogP contribution in [0.5, 0.6) is 0 Å². The van der Waals surface area contributed by atoms with Crippen LogP contribution in [0, 0.1) is 0 Å². The van der Waals surface area contributed by atoms with Gasteiger partial charge in [-0.05, 0) is 74.1 Å². The summed E-state index contributed by atoms with van der Waals surface area (Å²) >= 11 is 1.88. The molecule has 3 aromatic rings. The lowest BCUT2D eigenvalue weighted by molar-refractivity contribution is -0.401. The molecule has 0 N–H and O–H groups in total. The molecule has 3 aliphatic rings. The van der Waals surface area contributed by atoms with Gasteiger partial charge in [-0.1, -0.05) is 74.2 Å². The summed E-state index contributed by atoms with van der Waals surface area (Å²) in [5.74, 6) is 0. The zero-order chi connectivity index (χ0) is 28.8. The van der Waals surface area contributed by atoms with Crippen molar-refractivity contribution in [2.24, 2.45) is 0 Å². The first-order valence-electron chi connectivity index (χ1n) is 14.6. The first-order valence-corrected chi connectivity index (χ1v) is 15.5. The molecule has 0 radical (unpaired) electrons. The highest BCUT2D eigenvalue weighted by Gasteiger charge is 2.42. The maximum Gasteiger partial charge on any atom is 0.209 e. The fourth-order valence-electron chi connectivity index (χ4n) is 6.84. The summed E-state index contributed by atoms with van der Waals surface area (Å²) < 4.78 is 2.36. The van der Waals surface area contributed by atoms with Crippen LogP contribution < -0.4 is 4.90 Å². The second-order valence-electron chi connectivity index (χ2n) is 12.4. The van der Waals surface area contributed by atoms with E-state index in [0.29, 0.717) is 0 Å². The molecule has 208 valence electrons. The summed E-state index contributed by atoms with van der Waals surface area (Å²) in [4.78, 5) is 9.23. The topological polar surface area (TPSA) is 19.1 Å². The van der Waals surface area contributed by atoms with E-state index in [1.54, 1.807) is 0 Å². The van der Waals surface area contributed by atoms with Crippen LogP contribution in [0.15, 0.2) is 124 Å². The number of anilines is 1. The zero-order valence-corrected chi connectivity index (χ0v) is 25.9. The van der Waals surface area contributed by atoms with Crippen LogP contribution in [0.3, 0.4) is 0 Å². The number of hydrogen-bond donors (Lipinski definition) is 0. The van der Waals surface area contributed by atoms with Crippen molar-refractivity contribution in [2.75, 3.05) is 19.0 Å². The Morgan fingerprint density at radius 2 is 1.54 bits per heavy atom. The van der Waals surface area contributed by atoms with Gasteiger partial charge in [-0.3, -0.25) is 4.98 Å². The van der Waals surface area contributed by atoms with E-state index in [0.717, 1.165) is 19.3 Å². The zero-order valence-electron chi connectivity index (χ0n) is 25.1. The number of allylic oxidation sites excluding steroid dienone is 7. The molecule has 3 heterocycles. The number of thioether (sulfide) groups is 1. The van der Waals surface area contributed by atoms with Gasteiger partial charge in [0.2, 0.25) is 5.69 Å². The van der Waals surface area contributed by atoms with Crippen LogP contribution in [0.4, 0.5) is 11.4 Å². The summed E-state index contributed by atoms with van der Waals surface area (Å²) in [7, 11) is 4.40. The van der Waals surface area contributed by atoms with E-state index in [2.05, 4.69) is 141 Å². The Morgan fingerprint density at radius 1 is 0.829 bits per heavy atom. The quantitative estimate of drug-likeness (QED) is 0.291. The molecule has 0 saturated carbocycles. The van der Waals surface area contributed by atoms with Crippen molar-refractivity contribution in [3.8, 4) is 0 Å². The summed E-state index contributed by atoms with van der Waals surface area (Å²) in [6.07, 6.45) is 16.6. The molecular formula is C37H40N3S+. The molecule has 4 heteroatoms. The lowest BCUT2D eigenvalue weighted by Gasteiger charge is -2.25. The van der Waals surface area contributed by atoms with Gasteiger partial charge in [-0.15, -0.1) is 0 Å². The molecule has 0 bridgehead atoms. The van der Waals surface area contributed by atoms with Gasteiger partial charge in [0, 0.05) is 63.7 Å². The van der Waals surface area contributed by atoms with Crippen LogP contribution in [-0.4, -0.2) is 29.4 Å². The highest BCUT2D eigenvalue weighted by Crippen LogP contribution is 2.47. The van der Waals surface area contributed by atoms with E-state index in [1.165, 1.54) is 54.9 Å². The van der Waals surface area contributed by atoms with E-state index in [9.17, 15) is 0 Å². The Balaban J connectivity index is 1.41. The second-order valence-corrected chi connectivity index (χ2v) is 13.4. The van der Waals surface area contributed by atoms with E-state index in [1.807, 2.05) is 24.2 Å². The van der Waals surface area contributed by atoms with Gasteiger partial charge in [-0.2, -0.15) is 4.58 Å². The Morgan fingerprint density at radius 3 is 2.27 bits per heavy atom. The van der Waals surface area contributed by atoms with Crippen molar-refractivity contribution in [3.63, 3.8) is 0 Å². The Kier molecular flexibility index (Phi) is 7.15. The summed E-state index contributed by atoms with van der Waals surface area (Å²) in [5.41, 5.74) is 10.8. The van der Waals surface area contributed by atoms with Crippen LogP contribution in [0.2, 0.25) is 0 Å². The second kappa shape index (κ2) is 10.6. The molecule has 0 fully saturated rings. The summed E-state index contributed by atoms with van der Waals surface area (Å²) in [6.45, 7) is 9.36. The molecule has 1 aliphatic carbocycles. The molecule has 1 aromatic heterocycles. The van der Waals surface area contributed by atoms with Crippen molar-refractivity contribution in [1.82, 2.24) is 4.98 Å². The monoisotopic (exact) mass is 558 g/mol. The molecule has 0 spiro atoms. The predicted molar refractivity (Wildman–Crippen MR) is 174 cm³/mol. The van der Waals surface area contributed by atoms with E-state index in [4.69, 9.17) is 0 Å². The number of fused-ring (bicyclic) bond motifs is 2. The Bertz CT molecular complexity index is 1650. The van der Waals surface area contributed by atoms with Crippen molar-refractivity contribution in [1.29, 1.82) is 0 Å². The molecule has 3 nitrogen and oxygen atoms in total. The van der Waals surface area contributed by atoms with Gasteiger partial charge in [0.15, 0.2) is 5.71 Å². The Hall–Kier alpha value is -3.63. The molecule has 0 unspecified atom stereocenters. The minimum absolute atomic E-state index is 0.0355. The van der Waals surface area contributed by atoms with Crippen molar-refractivity contribution >= 4 is 28.8 Å². The van der Waals surface area contributed by atoms with Gasteiger partial charge >= 0.3 is 0 Å². The molecule has 0 saturated heterocycles.